The van der Waals surface area contributed by atoms with Gasteiger partial charge in [0.25, 0.3) is 0 Å². The van der Waals surface area contributed by atoms with Gasteiger partial charge in [-0.15, -0.1) is 0 Å². The number of carboxylic acids is 1. The van der Waals surface area contributed by atoms with Gasteiger partial charge < -0.3 is 9.52 Å². The average Bonchev–Trinajstić information content (AvgIpc) is 2.86. The average molecular weight is 289 g/mol. The van der Waals surface area contributed by atoms with E-state index < -0.39 is 23.2 Å². The standard InChI is InChI=1S/C15H9F2NO3/c1-7-3-2-4-12-13(7)18-14(21-12)8-5-10(16)11(17)6-9(8)15(19)20/h2-6H,1H3,(H,19,20). The highest BCUT2D eigenvalue weighted by Gasteiger charge is 2.20. The second-order valence-electron chi connectivity index (χ2n) is 4.56. The Morgan fingerprint density at radius 1 is 1.24 bits per heavy atom. The molecular weight excluding hydrogens is 280 g/mol. The predicted molar refractivity (Wildman–Crippen MR) is 71.1 cm³/mol. The maximum atomic E-state index is 13.4. The van der Waals surface area contributed by atoms with Crippen molar-refractivity contribution in [2.45, 2.75) is 6.92 Å². The summed E-state index contributed by atoms with van der Waals surface area (Å²) in [7, 11) is 0. The summed E-state index contributed by atoms with van der Waals surface area (Å²) in [5, 5.41) is 9.11. The smallest absolute Gasteiger partial charge is 0.336 e. The summed E-state index contributed by atoms with van der Waals surface area (Å²) in [5.74, 6) is -3.84. The van der Waals surface area contributed by atoms with E-state index in [1.807, 2.05) is 13.0 Å². The first kappa shape index (κ1) is 13.2. The van der Waals surface area contributed by atoms with Gasteiger partial charge in [0.15, 0.2) is 17.2 Å². The van der Waals surface area contributed by atoms with E-state index >= 15 is 0 Å². The fraction of sp³-hybridized carbons (Fsp3) is 0.0667. The summed E-state index contributed by atoms with van der Waals surface area (Å²) < 4.78 is 32.1. The summed E-state index contributed by atoms with van der Waals surface area (Å²) in [6.45, 7) is 1.82. The molecule has 106 valence electrons. The highest BCUT2D eigenvalue weighted by atomic mass is 19.2. The van der Waals surface area contributed by atoms with Crippen LogP contribution in [0.4, 0.5) is 8.78 Å². The van der Waals surface area contributed by atoms with Crippen molar-refractivity contribution in [3.8, 4) is 11.5 Å². The van der Waals surface area contributed by atoms with Crippen LogP contribution in [0.2, 0.25) is 0 Å². The minimum atomic E-state index is -1.39. The first-order chi connectivity index (χ1) is 9.97. The Bertz CT molecular complexity index is 871. The topological polar surface area (TPSA) is 63.3 Å². The van der Waals surface area contributed by atoms with Gasteiger partial charge in [-0.1, -0.05) is 12.1 Å². The van der Waals surface area contributed by atoms with E-state index in [1.54, 1.807) is 12.1 Å². The highest BCUT2D eigenvalue weighted by Crippen LogP contribution is 2.30. The predicted octanol–water partition coefficient (Wildman–Crippen LogP) is 3.78. The molecule has 0 aliphatic rings. The lowest BCUT2D eigenvalue weighted by Gasteiger charge is -2.03. The Balaban J connectivity index is 2.29. The van der Waals surface area contributed by atoms with Gasteiger partial charge in [0, 0.05) is 0 Å². The van der Waals surface area contributed by atoms with Gasteiger partial charge in [-0.25, -0.2) is 18.6 Å². The lowest BCUT2D eigenvalue weighted by atomic mass is 10.1. The first-order valence-electron chi connectivity index (χ1n) is 6.06. The number of hydrogen-bond acceptors (Lipinski definition) is 3. The normalized spacial score (nSPS) is 11.0. The molecule has 1 N–H and O–H groups in total. The van der Waals surface area contributed by atoms with Crippen molar-refractivity contribution in [2.24, 2.45) is 0 Å². The number of para-hydroxylation sites is 1. The van der Waals surface area contributed by atoms with Crippen LogP contribution in [0.3, 0.4) is 0 Å². The van der Waals surface area contributed by atoms with Crippen molar-refractivity contribution in [3.63, 3.8) is 0 Å². The maximum Gasteiger partial charge on any atom is 0.336 e. The molecule has 0 atom stereocenters. The van der Waals surface area contributed by atoms with Crippen molar-refractivity contribution >= 4 is 17.1 Å². The van der Waals surface area contributed by atoms with Crippen LogP contribution in [-0.2, 0) is 0 Å². The number of aromatic nitrogens is 1. The largest absolute Gasteiger partial charge is 0.478 e. The molecule has 0 aliphatic carbocycles. The van der Waals surface area contributed by atoms with Gasteiger partial charge in [0.05, 0.1) is 11.1 Å². The third-order valence-electron chi connectivity index (χ3n) is 3.14. The van der Waals surface area contributed by atoms with Gasteiger partial charge in [-0.3, -0.25) is 0 Å². The second kappa shape index (κ2) is 4.66. The molecule has 0 saturated heterocycles. The van der Waals surface area contributed by atoms with Crippen molar-refractivity contribution < 1.29 is 23.1 Å². The van der Waals surface area contributed by atoms with Crippen LogP contribution in [-0.4, -0.2) is 16.1 Å². The number of rotatable bonds is 2. The summed E-state index contributed by atoms with van der Waals surface area (Å²) in [6.07, 6.45) is 0. The quantitative estimate of drug-likeness (QED) is 0.779. The fourth-order valence-electron chi connectivity index (χ4n) is 2.10. The van der Waals surface area contributed by atoms with Crippen LogP contribution in [0.1, 0.15) is 15.9 Å². The second-order valence-corrected chi connectivity index (χ2v) is 4.56. The van der Waals surface area contributed by atoms with E-state index in [1.165, 1.54) is 0 Å². The summed E-state index contributed by atoms with van der Waals surface area (Å²) in [6, 6.07) is 6.64. The van der Waals surface area contributed by atoms with Crippen molar-refractivity contribution in [1.29, 1.82) is 0 Å². The molecule has 0 unspecified atom stereocenters. The zero-order valence-corrected chi connectivity index (χ0v) is 10.9. The molecule has 21 heavy (non-hydrogen) atoms. The van der Waals surface area contributed by atoms with Crippen LogP contribution in [0.25, 0.3) is 22.6 Å². The molecule has 0 amide bonds. The molecule has 3 aromatic rings. The number of aryl methyl sites for hydroxylation is 1. The number of carboxylic acid groups (broad SMARTS) is 1. The van der Waals surface area contributed by atoms with Crippen molar-refractivity contribution in [3.05, 3.63) is 53.1 Å². The number of benzene rings is 2. The zero-order valence-electron chi connectivity index (χ0n) is 10.9. The number of hydrogen-bond donors (Lipinski definition) is 1. The van der Waals surface area contributed by atoms with Crippen molar-refractivity contribution in [1.82, 2.24) is 4.98 Å². The van der Waals surface area contributed by atoms with Crippen LogP contribution < -0.4 is 0 Å². The van der Waals surface area contributed by atoms with Crippen LogP contribution in [0.15, 0.2) is 34.7 Å². The van der Waals surface area contributed by atoms with Crippen LogP contribution >= 0.6 is 0 Å². The van der Waals surface area contributed by atoms with E-state index in [9.17, 15) is 13.6 Å². The molecule has 0 saturated carbocycles. The number of halogens is 2. The maximum absolute atomic E-state index is 13.4. The highest BCUT2D eigenvalue weighted by molar-refractivity contribution is 5.95. The number of oxazole rings is 1. The molecule has 0 bridgehead atoms. The van der Waals surface area contributed by atoms with Crippen molar-refractivity contribution in [2.75, 3.05) is 0 Å². The Hall–Kier alpha value is -2.76. The molecule has 1 heterocycles. The van der Waals surface area contributed by atoms with E-state index in [0.717, 1.165) is 11.6 Å². The van der Waals surface area contributed by atoms with Gasteiger partial charge in [-0.2, -0.15) is 0 Å². The lowest BCUT2D eigenvalue weighted by Crippen LogP contribution is -2.02. The van der Waals surface area contributed by atoms with E-state index in [2.05, 4.69) is 4.98 Å². The third kappa shape index (κ3) is 2.14. The number of aromatic carboxylic acids is 1. The third-order valence-corrected chi connectivity index (χ3v) is 3.14. The molecule has 0 spiro atoms. The molecule has 6 heteroatoms. The number of fused-ring (bicyclic) bond motifs is 1. The molecule has 0 aliphatic heterocycles. The van der Waals surface area contributed by atoms with Crippen LogP contribution in [0.5, 0.6) is 0 Å². The Morgan fingerprint density at radius 3 is 2.62 bits per heavy atom. The van der Waals surface area contributed by atoms with E-state index in [-0.39, 0.29) is 11.5 Å². The summed E-state index contributed by atoms with van der Waals surface area (Å²) in [4.78, 5) is 15.4. The Labute approximate surface area is 117 Å². The number of carbonyl (C=O) groups is 1. The zero-order chi connectivity index (χ0) is 15.1. The minimum absolute atomic E-state index is 0.0596. The number of nitrogens with zero attached hydrogens (tertiary/aromatic N) is 1. The van der Waals surface area contributed by atoms with Crippen LogP contribution in [0, 0.1) is 18.6 Å². The van der Waals surface area contributed by atoms with Gasteiger partial charge >= 0.3 is 5.97 Å². The summed E-state index contributed by atoms with van der Waals surface area (Å²) >= 11 is 0. The monoisotopic (exact) mass is 289 g/mol. The molecule has 0 fully saturated rings. The van der Waals surface area contributed by atoms with E-state index in [4.69, 9.17) is 9.52 Å². The Kier molecular flexibility index (Phi) is 2.94. The first-order valence-corrected chi connectivity index (χ1v) is 6.06. The molecular formula is C15H9F2NO3. The molecule has 4 nitrogen and oxygen atoms in total. The molecule has 0 radical (unpaired) electrons. The fourth-order valence-corrected chi connectivity index (χ4v) is 2.10. The molecule has 1 aromatic heterocycles. The van der Waals surface area contributed by atoms with Gasteiger partial charge in [0.1, 0.15) is 5.52 Å². The van der Waals surface area contributed by atoms with Gasteiger partial charge in [-0.05, 0) is 30.7 Å². The molecule has 2 aromatic carbocycles. The lowest BCUT2D eigenvalue weighted by molar-refractivity contribution is 0.0697. The summed E-state index contributed by atoms with van der Waals surface area (Å²) in [5.41, 5.74) is 1.33. The minimum Gasteiger partial charge on any atom is -0.478 e. The van der Waals surface area contributed by atoms with E-state index in [0.29, 0.717) is 17.2 Å². The molecule has 3 rings (SSSR count). The Morgan fingerprint density at radius 2 is 1.95 bits per heavy atom. The van der Waals surface area contributed by atoms with Gasteiger partial charge in [0.2, 0.25) is 5.89 Å². The SMILES string of the molecule is Cc1cccc2oc(-c3cc(F)c(F)cc3C(=O)O)nc12.